The summed E-state index contributed by atoms with van der Waals surface area (Å²) in [5.41, 5.74) is 1.31. The summed E-state index contributed by atoms with van der Waals surface area (Å²) < 4.78 is 5.12. The van der Waals surface area contributed by atoms with Gasteiger partial charge in [0.1, 0.15) is 0 Å². The third-order valence-corrected chi connectivity index (χ3v) is 3.96. The van der Waals surface area contributed by atoms with Crippen LogP contribution < -0.4 is 0 Å². The molecular weight excluding hydrogens is 228 g/mol. The maximum Gasteiger partial charge on any atom is 0.320 e. The first-order valence-corrected chi connectivity index (χ1v) is 6.91. The van der Waals surface area contributed by atoms with Gasteiger partial charge in [0.15, 0.2) is 0 Å². The van der Waals surface area contributed by atoms with Crippen molar-refractivity contribution in [2.45, 2.75) is 26.2 Å². The highest BCUT2D eigenvalue weighted by molar-refractivity contribution is 5.75. The van der Waals surface area contributed by atoms with Gasteiger partial charge >= 0.3 is 6.03 Å². The first kappa shape index (κ1) is 13.4. The Labute approximate surface area is 110 Å². The number of urea groups is 1. The second kappa shape index (κ2) is 6.23. The maximum atomic E-state index is 12.3. The Bertz CT molecular complexity index is 320. The van der Waals surface area contributed by atoms with Crippen molar-refractivity contribution in [2.75, 3.05) is 39.9 Å². The number of rotatable bonds is 2. The number of amides is 2. The summed E-state index contributed by atoms with van der Waals surface area (Å²) in [5, 5.41) is 0. The predicted molar refractivity (Wildman–Crippen MR) is 71.5 cm³/mol. The standard InChI is InChI=1S/C14H24N2O2/c1-12-3-7-15(8-4-12)14(17)16-9-5-13(6-10-16)11-18-2/h5,12H,3-4,6-11H2,1-2H3. The highest BCUT2D eigenvalue weighted by Gasteiger charge is 2.25. The van der Waals surface area contributed by atoms with Gasteiger partial charge in [0.2, 0.25) is 0 Å². The fourth-order valence-electron chi connectivity index (χ4n) is 2.60. The largest absolute Gasteiger partial charge is 0.380 e. The highest BCUT2D eigenvalue weighted by atomic mass is 16.5. The van der Waals surface area contributed by atoms with Crippen molar-refractivity contribution in [3.63, 3.8) is 0 Å². The van der Waals surface area contributed by atoms with Crippen molar-refractivity contribution in [1.82, 2.24) is 9.80 Å². The minimum Gasteiger partial charge on any atom is -0.380 e. The third-order valence-electron chi connectivity index (χ3n) is 3.96. The zero-order valence-electron chi connectivity index (χ0n) is 11.5. The molecule has 0 saturated carbocycles. The number of hydrogen-bond acceptors (Lipinski definition) is 2. The molecule has 0 N–H and O–H groups in total. The Morgan fingerprint density at radius 1 is 1.33 bits per heavy atom. The number of carbonyl (C=O) groups is 1. The molecule has 1 fully saturated rings. The molecule has 0 aromatic heterocycles. The van der Waals surface area contributed by atoms with Gasteiger partial charge in [-0.15, -0.1) is 0 Å². The molecule has 4 heteroatoms. The van der Waals surface area contributed by atoms with Crippen LogP contribution >= 0.6 is 0 Å². The van der Waals surface area contributed by atoms with Crippen LogP contribution in [0.3, 0.4) is 0 Å². The van der Waals surface area contributed by atoms with Crippen LogP contribution in [0.25, 0.3) is 0 Å². The molecule has 0 aromatic carbocycles. The monoisotopic (exact) mass is 252 g/mol. The SMILES string of the molecule is COCC1=CCN(C(=O)N2CCC(C)CC2)CC1. The minimum absolute atomic E-state index is 0.217. The Hall–Kier alpha value is -1.03. The molecule has 0 unspecified atom stereocenters. The fourth-order valence-corrected chi connectivity index (χ4v) is 2.60. The molecule has 0 spiro atoms. The molecule has 18 heavy (non-hydrogen) atoms. The third kappa shape index (κ3) is 3.25. The van der Waals surface area contributed by atoms with E-state index in [4.69, 9.17) is 4.74 Å². The van der Waals surface area contributed by atoms with E-state index in [9.17, 15) is 4.79 Å². The van der Waals surface area contributed by atoms with E-state index in [2.05, 4.69) is 13.0 Å². The zero-order chi connectivity index (χ0) is 13.0. The van der Waals surface area contributed by atoms with Gasteiger partial charge in [-0.3, -0.25) is 0 Å². The second-order valence-corrected chi connectivity index (χ2v) is 5.44. The summed E-state index contributed by atoms with van der Waals surface area (Å²) in [4.78, 5) is 16.3. The maximum absolute atomic E-state index is 12.3. The van der Waals surface area contributed by atoms with Crippen LogP contribution in [0.4, 0.5) is 4.79 Å². The first-order chi connectivity index (χ1) is 8.70. The first-order valence-electron chi connectivity index (χ1n) is 6.91. The van der Waals surface area contributed by atoms with Gasteiger partial charge in [0.05, 0.1) is 6.61 Å². The number of hydrogen-bond donors (Lipinski definition) is 0. The lowest BCUT2D eigenvalue weighted by atomic mass is 9.99. The molecule has 1 saturated heterocycles. The normalized spacial score (nSPS) is 22.0. The zero-order valence-corrected chi connectivity index (χ0v) is 11.5. The molecule has 0 radical (unpaired) electrons. The topological polar surface area (TPSA) is 32.8 Å². The van der Waals surface area contributed by atoms with Crippen molar-refractivity contribution < 1.29 is 9.53 Å². The second-order valence-electron chi connectivity index (χ2n) is 5.44. The van der Waals surface area contributed by atoms with Crippen LogP contribution in [-0.2, 0) is 4.74 Å². The molecular formula is C14H24N2O2. The smallest absolute Gasteiger partial charge is 0.320 e. The number of methoxy groups -OCH3 is 1. The molecule has 2 heterocycles. The Morgan fingerprint density at radius 2 is 2.06 bits per heavy atom. The van der Waals surface area contributed by atoms with Crippen LogP contribution in [0.5, 0.6) is 0 Å². The van der Waals surface area contributed by atoms with Crippen LogP contribution in [0, 0.1) is 5.92 Å². The molecule has 0 bridgehead atoms. The number of ether oxygens (including phenoxy) is 1. The average molecular weight is 252 g/mol. The van der Waals surface area contributed by atoms with Gasteiger partial charge in [-0.1, -0.05) is 13.0 Å². The van der Waals surface area contributed by atoms with Crippen molar-refractivity contribution in [3.05, 3.63) is 11.6 Å². The van der Waals surface area contributed by atoms with Crippen LogP contribution in [0.2, 0.25) is 0 Å². The summed E-state index contributed by atoms with van der Waals surface area (Å²) in [6, 6.07) is 0.217. The molecule has 4 nitrogen and oxygen atoms in total. The van der Waals surface area contributed by atoms with E-state index in [0.29, 0.717) is 6.61 Å². The van der Waals surface area contributed by atoms with Crippen LogP contribution in [-0.4, -0.2) is 55.7 Å². The lowest BCUT2D eigenvalue weighted by Crippen LogP contribution is -2.47. The predicted octanol–water partition coefficient (Wildman–Crippen LogP) is 2.12. The molecule has 2 rings (SSSR count). The van der Waals surface area contributed by atoms with Crippen molar-refractivity contribution >= 4 is 6.03 Å². The van der Waals surface area contributed by atoms with Gasteiger partial charge in [0, 0.05) is 33.3 Å². The number of nitrogens with zero attached hydrogens (tertiary/aromatic N) is 2. The number of carbonyl (C=O) groups excluding carboxylic acids is 1. The molecule has 0 aliphatic carbocycles. The summed E-state index contributed by atoms with van der Waals surface area (Å²) in [5.74, 6) is 0.767. The van der Waals surface area contributed by atoms with E-state index in [-0.39, 0.29) is 6.03 Å². The van der Waals surface area contributed by atoms with Gasteiger partial charge in [-0.25, -0.2) is 4.79 Å². The van der Waals surface area contributed by atoms with E-state index in [1.165, 1.54) is 5.57 Å². The molecule has 2 amide bonds. The Kier molecular flexibility index (Phi) is 4.64. The van der Waals surface area contributed by atoms with E-state index in [1.807, 2.05) is 9.80 Å². The summed E-state index contributed by atoms with van der Waals surface area (Å²) >= 11 is 0. The van der Waals surface area contributed by atoms with E-state index < -0.39 is 0 Å². The van der Waals surface area contributed by atoms with E-state index >= 15 is 0 Å². The van der Waals surface area contributed by atoms with Crippen LogP contribution in [0.15, 0.2) is 11.6 Å². The Morgan fingerprint density at radius 3 is 2.61 bits per heavy atom. The highest BCUT2D eigenvalue weighted by Crippen LogP contribution is 2.19. The molecule has 0 atom stereocenters. The minimum atomic E-state index is 0.217. The van der Waals surface area contributed by atoms with Gasteiger partial charge in [0.25, 0.3) is 0 Å². The molecule has 0 aromatic rings. The lowest BCUT2D eigenvalue weighted by Gasteiger charge is -2.36. The van der Waals surface area contributed by atoms with Gasteiger partial charge in [-0.05, 0) is 30.8 Å². The summed E-state index contributed by atoms with van der Waals surface area (Å²) in [7, 11) is 1.72. The lowest BCUT2D eigenvalue weighted by molar-refractivity contribution is 0.136. The molecule has 2 aliphatic rings. The number of likely N-dealkylation sites (tertiary alicyclic amines) is 1. The molecule has 2 aliphatic heterocycles. The van der Waals surface area contributed by atoms with E-state index in [0.717, 1.165) is 51.4 Å². The van der Waals surface area contributed by atoms with Gasteiger partial charge in [-0.2, -0.15) is 0 Å². The summed E-state index contributed by atoms with van der Waals surface area (Å²) in [6.45, 7) is 6.38. The quantitative estimate of drug-likeness (QED) is 0.705. The number of piperidine rings is 1. The Balaban J connectivity index is 1.84. The molecule has 102 valence electrons. The van der Waals surface area contributed by atoms with E-state index in [1.54, 1.807) is 7.11 Å². The van der Waals surface area contributed by atoms with Crippen molar-refractivity contribution in [3.8, 4) is 0 Å². The summed E-state index contributed by atoms with van der Waals surface area (Å²) in [6.07, 6.45) is 5.37. The fraction of sp³-hybridized carbons (Fsp3) is 0.786. The van der Waals surface area contributed by atoms with Crippen LogP contribution in [0.1, 0.15) is 26.2 Å². The average Bonchev–Trinajstić information content (AvgIpc) is 2.40. The van der Waals surface area contributed by atoms with Crippen molar-refractivity contribution in [1.29, 1.82) is 0 Å². The van der Waals surface area contributed by atoms with Crippen molar-refractivity contribution in [2.24, 2.45) is 5.92 Å². The van der Waals surface area contributed by atoms with Gasteiger partial charge < -0.3 is 14.5 Å².